The molecule has 0 aliphatic heterocycles. The number of hydrogen-bond donors (Lipinski definition) is 0. The monoisotopic (exact) mass is 432 g/mol. The summed E-state index contributed by atoms with van der Waals surface area (Å²) in [5.74, 6) is 0.592. The first kappa shape index (κ1) is 25.2. The molecule has 1 aromatic rings. The van der Waals surface area contributed by atoms with E-state index in [0.29, 0.717) is 12.2 Å². The average molecular weight is 433 g/mol. The molecule has 0 aliphatic carbocycles. The highest BCUT2D eigenvalue weighted by Crippen LogP contribution is 2.49. The van der Waals surface area contributed by atoms with Gasteiger partial charge in [-0.1, -0.05) is 37.3 Å². The van der Waals surface area contributed by atoms with Crippen LogP contribution in [-0.4, -0.2) is 44.4 Å². The number of ether oxygens (including phenoxy) is 1. The van der Waals surface area contributed by atoms with Gasteiger partial charge in [-0.05, 0) is 44.9 Å². The minimum absolute atomic E-state index is 0.00728. The number of esters is 1. The first-order valence-electron chi connectivity index (χ1n) is 9.55. The average Bonchev–Trinajstić information content (AvgIpc) is 2.66. The third kappa shape index (κ3) is 8.26. The molecular formula is C20H33O6PS. The second-order valence-corrected chi connectivity index (χ2v) is 9.30. The van der Waals surface area contributed by atoms with Crippen LogP contribution in [0.1, 0.15) is 45.6 Å². The Kier molecular flexibility index (Phi) is 11.4. The van der Waals surface area contributed by atoms with Crippen LogP contribution in [0.15, 0.2) is 30.3 Å². The van der Waals surface area contributed by atoms with Gasteiger partial charge in [0.25, 0.3) is 0 Å². The summed E-state index contributed by atoms with van der Waals surface area (Å²) in [6.45, 7) is 7.81. The van der Waals surface area contributed by atoms with Crippen molar-refractivity contribution in [2.75, 3.05) is 38.4 Å². The molecule has 2 unspecified atom stereocenters. The van der Waals surface area contributed by atoms with Gasteiger partial charge in [-0.15, -0.1) is 0 Å². The molecule has 0 saturated heterocycles. The maximum Gasteiger partial charge on any atom is 0.474 e. The van der Waals surface area contributed by atoms with Crippen molar-refractivity contribution in [3.05, 3.63) is 35.9 Å². The summed E-state index contributed by atoms with van der Waals surface area (Å²) in [6.07, 6.45) is 2.65. The summed E-state index contributed by atoms with van der Waals surface area (Å²) in [7, 11) is -3.59. The van der Waals surface area contributed by atoms with Crippen LogP contribution >= 0.6 is 19.6 Å². The highest BCUT2D eigenvalue weighted by molar-refractivity contribution is 7.98. The third-order valence-corrected chi connectivity index (χ3v) is 6.79. The summed E-state index contributed by atoms with van der Waals surface area (Å²) in [5, 5.41) is 0. The lowest BCUT2D eigenvalue weighted by Gasteiger charge is -2.29. The molecule has 0 fully saturated rings. The second-order valence-electron chi connectivity index (χ2n) is 6.76. The molecule has 0 bridgehead atoms. The van der Waals surface area contributed by atoms with Crippen LogP contribution in [0.2, 0.25) is 0 Å². The van der Waals surface area contributed by atoms with Gasteiger partial charge in [-0.25, -0.2) is 4.57 Å². The maximum absolute atomic E-state index is 12.8. The molecule has 0 aromatic heterocycles. The smallest absolute Gasteiger partial charge is 0.463 e. The van der Waals surface area contributed by atoms with Crippen molar-refractivity contribution < 1.29 is 27.7 Å². The molecule has 2 atom stereocenters. The predicted molar refractivity (Wildman–Crippen MR) is 114 cm³/mol. The molecule has 0 spiro atoms. The Balaban J connectivity index is 2.62. The zero-order valence-electron chi connectivity index (χ0n) is 17.5. The molecule has 1 rings (SSSR count). The van der Waals surface area contributed by atoms with Crippen molar-refractivity contribution in [1.82, 2.24) is 0 Å². The fraction of sp³-hybridized carbons (Fsp3) is 0.650. The Morgan fingerprint density at radius 1 is 1.11 bits per heavy atom. The Hall–Kier alpha value is -0.850. The molecule has 160 valence electrons. The van der Waals surface area contributed by atoms with E-state index in [2.05, 4.69) is 19.1 Å². The Bertz CT molecular complexity index is 616. The third-order valence-electron chi connectivity index (χ3n) is 4.22. The van der Waals surface area contributed by atoms with Gasteiger partial charge in [0.05, 0.1) is 25.2 Å². The number of thioether (sulfide) groups is 1. The number of phosphoric acid groups is 1. The lowest BCUT2D eigenvalue weighted by atomic mass is 9.80. The van der Waals surface area contributed by atoms with Crippen molar-refractivity contribution in [2.24, 2.45) is 5.41 Å². The topological polar surface area (TPSA) is 71.1 Å². The summed E-state index contributed by atoms with van der Waals surface area (Å²) in [5.41, 5.74) is 0.568. The van der Waals surface area contributed by atoms with Crippen molar-refractivity contribution >= 4 is 25.6 Å². The van der Waals surface area contributed by atoms with Crippen molar-refractivity contribution in [1.29, 1.82) is 0 Å². The Morgan fingerprint density at radius 3 is 2.25 bits per heavy atom. The fourth-order valence-corrected chi connectivity index (χ4v) is 5.01. The molecule has 0 aliphatic rings. The van der Waals surface area contributed by atoms with E-state index in [0.717, 1.165) is 0 Å². The van der Waals surface area contributed by atoms with E-state index in [1.165, 1.54) is 5.56 Å². The van der Waals surface area contributed by atoms with E-state index in [-0.39, 0.29) is 38.3 Å². The van der Waals surface area contributed by atoms with Gasteiger partial charge in [0.2, 0.25) is 0 Å². The molecular weight excluding hydrogens is 399 g/mol. The highest BCUT2D eigenvalue weighted by Gasteiger charge is 2.36. The standard InChI is InChI=1S/C20H33O6PS/c1-6-24-27(22,25-7-2)26-14-13-23-19(21)20(4,16-28-5)15-17(3)18-11-9-8-10-12-18/h8-12,17H,6-7,13-16H2,1-5H3. The minimum Gasteiger partial charge on any atom is -0.463 e. The minimum atomic E-state index is -3.59. The number of carbonyl (C=O) groups is 1. The van der Waals surface area contributed by atoms with E-state index in [4.69, 9.17) is 18.3 Å². The quantitative estimate of drug-likeness (QED) is 0.225. The number of carbonyl (C=O) groups excluding carboxylic acids is 1. The predicted octanol–water partition coefficient (Wildman–Crippen LogP) is 5.29. The molecule has 28 heavy (non-hydrogen) atoms. The Morgan fingerprint density at radius 2 is 1.71 bits per heavy atom. The zero-order chi connectivity index (χ0) is 21.0. The van der Waals surface area contributed by atoms with Gasteiger partial charge < -0.3 is 4.74 Å². The van der Waals surface area contributed by atoms with Gasteiger partial charge in [0.15, 0.2) is 0 Å². The number of rotatable bonds is 14. The first-order valence-corrected chi connectivity index (χ1v) is 12.4. The Labute approximate surface area is 173 Å². The van der Waals surface area contributed by atoms with Crippen molar-refractivity contribution in [3.8, 4) is 0 Å². The van der Waals surface area contributed by atoms with Gasteiger partial charge in [-0.2, -0.15) is 11.8 Å². The molecule has 0 amide bonds. The summed E-state index contributed by atoms with van der Waals surface area (Å²) < 4.78 is 33.0. The maximum atomic E-state index is 12.8. The van der Waals surface area contributed by atoms with Crippen LogP contribution in [0.25, 0.3) is 0 Å². The summed E-state index contributed by atoms with van der Waals surface area (Å²) in [6, 6.07) is 10.1. The molecule has 1 aromatic carbocycles. The van der Waals surface area contributed by atoms with Gasteiger partial charge in [-0.3, -0.25) is 18.4 Å². The lowest BCUT2D eigenvalue weighted by molar-refractivity contribution is -0.155. The van der Waals surface area contributed by atoms with Crippen LogP contribution in [-0.2, 0) is 27.7 Å². The molecule has 0 radical (unpaired) electrons. The number of phosphoric ester groups is 1. The first-order chi connectivity index (χ1) is 13.3. The van der Waals surface area contributed by atoms with Gasteiger partial charge in [0, 0.05) is 5.75 Å². The van der Waals surface area contributed by atoms with Gasteiger partial charge >= 0.3 is 13.8 Å². The van der Waals surface area contributed by atoms with E-state index < -0.39 is 13.2 Å². The van der Waals surface area contributed by atoms with E-state index in [1.54, 1.807) is 25.6 Å². The van der Waals surface area contributed by atoms with E-state index in [9.17, 15) is 9.36 Å². The molecule has 0 saturated carbocycles. The molecule has 8 heteroatoms. The summed E-state index contributed by atoms with van der Waals surface area (Å²) in [4.78, 5) is 12.8. The second kappa shape index (κ2) is 12.7. The SMILES string of the molecule is CCOP(=O)(OCC)OCCOC(=O)C(C)(CSC)CC(C)c1ccccc1. The van der Waals surface area contributed by atoms with Crippen LogP contribution in [0.3, 0.4) is 0 Å². The number of hydrogen-bond acceptors (Lipinski definition) is 7. The fourth-order valence-electron chi connectivity index (χ4n) is 2.98. The van der Waals surface area contributed by atoms with Crippen molar-refractivity contribution in [3.63, 3.8) is 0 Å². The largest absolute Gasteiger partial charge is 0.474 e. The molecule has 0 heterocycles. The number of benzene rings is 1. The van der Waals surface area contributed by atoms with E-state index >= 15 is 0 Å². The van der Waals surface area contributed by atoms with E-state index in [1.807, 2.05) is 31.4 Å². The zero-order valence-corrected chi connectivity index (χ0v) is 19.2. The van der Waals surface area contributed by atoms with Crippen LogP contribution in [0.5, 0.6) is 0 Å². The summed E-state index contributed by atoms with van der Waals surface area (Å²) >= 11 is 1.61. The van der Waals surface area contributed by atoms with Crippen LogP contribution in [0.4, 0.5) is 0 Å². The highest BCUT2D eigenvalue weighted by atomic mass is 32.2. The lowest BCUT2D eigenvalue weighted by Crippen LogP contribution is -2.34. The molecule has 0 N–H and O–H groups in total. The van der Waals surface area contributed by atoms with Gasteiger partial charge in [0.1, 0.15) is 6.61 Å². The van der Waals surface area contributed by atoms with Crippen molar-refractivity contribution in [2.45, 2.75) is 40.0 Å². The normalized spacial score (nSPS) is 15.0. The molecule has 6 nitrogen and oxygen atoms in total. The van der Waals surface area contributed by atoms with Crippen LogP contribution < -0.4 is 0 Å². The van der Waals surface area contributed by atoms with Crippen LogP contribution in [0, 0.1) is 5.41 Å².